The maximum absolute atomic E-state index is 12.1. The molecule has 0 aliphatic carbocycles. The summed E-state index contributed by atoms with van der Waals surface area (Å²) in [6.07, 6.45) is 4.32. The first-order chi connectivity index (χ1) is 13.6. The second-order valence-electron chi connectivity index (χ2n) is 7.06. The Morgan fingerprint density at radius 1 is 1.24 bits per heavy atom. The van der Waals surface area contributed by atoms with Crippen molar-refractivity contribution >= 4 is 41.5 Å². The maximum atomic E-state index is 12.1. The van der Waals surface area contributed by atoms with Crippen LogP contribution in [0.5, 0.6) is 0 Å². The van der Waals surface area contributed by atoms with Gasteiger partial charge in [0.15, 0.2) is 5.96 Å². The summed E-state index contributed by atoms with van der Waals surface area (Å²) in [4.78, 5) is 22.8. The number of hydrogen-bond donors (Lipinski definition) is 3. The van der Waals surface area contributed by atoms with Crippen LogP contribution in [0.4, 0.5) is 5.69 Å². The third kappa shape index (κ3) is 7.28. The predicted molar refractivity (Wildman–Crippen MR) is 127 cm³/mol. The molecule has 1 saturated heterocycles. The van der Waals surface area contributed by atoms with Gasteiger partial charge in [0, 0.05) is 38.4 Å². The summed E-state index contributed by atoms with van der Waals surface area (Å²) in [5, 5.41) is 9.32. The monoisotopic (exact) mass is 508 g/mol. The molecule has 1 fully saturated rings. The first kappa shape index (κ1) is 23.1. The number of benzene rings is 1. The van der Waals surface area contributed by atoms with Gasteiger partial charge in [0.2, 0.25) is 5.91 Å². The maximum Gasteiger partial charge on any atom is 0.243 e. The lowest BCUT2D eigenvalue weighted by Gasteiger charge is -2.21. The Balaban J connectivity index is 0.00000300. The van der Waals surface area contributed by atoms with E-state index in [2.05, 4.69) is 62.0 Å². The number of carbonyl (C=O) groups excluding carboxylic acids is 1. The van der Waals surface area contributed by atoms with Crippen LogP contribution in [0.1, 0.15) is 18.9 Å². The molecule has 8 heteroatoms. The predicted octanol–water partition coefficient (Wildman–Crippen LogP) is 2.47. The molecule has 3 rings (SSSR count). The fourth-order valence-corrected chi connectivity index (χ4v) is 3.44. The van der Waals surface area contributed by atoms with Gasteiger partial charge >= 0.3 is 0 Å². The van der Waals surface area contributed by atoms with Crippen molar-refractivity contribution in [3.8, 4) is 0 Å². The minimum absolute atomic E-state index is 0. The van der Waals surface area contributed by atoms with Crippen LogP contribution in [0.2, 0.25) is 0 Å². The molecule has 1 aliphatic heterocycles. The molecule has 2 aromatic rings. The van der Waals surface area contributed by atoms with Crippen LogP contribution in [0, 0.1) is 0 Å². The van der Waals surface area contributed by atoms with E-state index in [4.69, 9.17) is 0 Å². The van der Waals surface area contributed by atoms with Gasteiger partial charge < -0.3 is 16.0 Å². The third-order valence-electron chi connectivity index (χ3n) is 4.86. The number of anilines is 1. The van der Waals surface area contributed by atoms with Crippen molar-refractivity contribution in [2.45, 2.75) is 32.0 Å². The van der Waals surface area contributed by atoms with Crippen molar-refractivity contribution in [2.24, 2.45) is 4.99 Å². The summed E-state index contributed by atoms with van der Waals surface area (Å²) in [7, 11) is 1.72. The molecule has 0 bridgehead atoms. The van der Waals surface area contributed by atoms with E-state index in [1.54, 1.807) is 31.6 Å². The number of carbonyl (C=O) groups is 1. The number of aliphatic imine (C=N–C) groups is 1. The zero-order valence-electron chi connectivity index (χ0n) is 16.8. The molecule has 0 radical (unpaired) electrons. The Bertz CT molecular complexity index is 786. The Morgan fingerprint density at radius 2 is 2.03 bits per heavy atom. The van der Waals surface area contributed by atoms with Crippen LogP contribution in [0.15, 0.2) is 59.9 Å². The second kappa shape index (κ2) is 11.7. The molecule has 1 amide bonds. The summed E-state index contributed by atoms with van der Waals surface area (Å²) in [5.74, 6) is 0.501. The fraction of sp³-hybridized carbons (Fsp3) is 0.381. The summed E-state index contributed by atoms with van der Waals surface area (Å²) < 4.78 is 0. The molecule has 3 N–H and O–H groups in total. The first-order valence-electron chi connectivity index (χ1n) is 9.59. The van der Waals surface area contributed by atoms with Crippen molar-refractivity contribution in [1.82, 2.24) is 20.5 Å². The van der Waals surface area contributed by atoms with E-state index >= 15 is 0 Å². The van der Waals surface area contributed by atoms with Gasteiger partial charge in [-0.25, -0.2) is 0 Å². The number of nitrogens with zero attached hydrogens (tertiary/aromatic N) is 3. The van der Waals surface area contributed by atoms with E-state index in [9.17, 15) is 4.79 Å². The highest BCUT2D eigenvalue weighted by Gasteiger charge is 2.29. The van der Waals surface area contributed by atoms with E-state index < -0.39 is 0 Å². The van der Waals surface area contributed by atoms with E-state index in [0.717, 1.165) is 19.5 Å². The highest BCUT2D eigenvalue weighted by molar-refractivity contribution is 14.0. The number of nitrogens with one attached hydrogen (secondary N) is 3. The lowest BCUT2D eigenvalue weighted by atomic mass is 10.2. The van der Waals surface area contributed by atoms with Gasteiger partial charge in [0.05, 0.1) is 18.4 Å². The molecule has 2 atom stereocenters. The average Bonchev–Trinajstić information content (AvgIpc) is 3.05. The zero-order valence-corrected chi connectivity index (χ0v) is 19.2. The van der Waals surface area contributed by atoms with Crippen molar-refractivity contribution in [3.05, 3.63) is 60.4 Å². The highest BCUT2D eigenvalue weighted by Crippen LogP contribution is 2.20. The molecule has 7 nitrogen and oxygen atoms in total. The molecule has 0 saturated carbocycles. The third-order valence-corrected chi connectivity index (χ3v) is 4.86. The van der Waals surface area contributed by atoms with Crippen LogP contribution in [0.25, 0.3) is 0 Å². The van der Waals surface area contributed by atoms with Crippen molar-refractivity contribution < 1.29 is 4.79 Å². The summed E-state index contributed by atoms with van der Waals surface area (Å²) >= 11 is 0. The van der Waals surface area contributed by atoms with Crippen molar-refractivity contribution in [1.29, 1.82) is 0 Å². The molecular weight excluding hydrogens is 479 g/mol. The minimum atomic E-state index is -0.138. The normalized spacial score (nSPS) is 19.3. The van der Waals surface area contributed by atoms with Crippen LogP contribution in [-0.4, -0.2) is 54.0 Å². The quantitative estimate of drug-likeness (QED) is 0.318. The lowest BCUT2D eigenvalue weighted by Crippen LogP contribution is -2.46. The smallest absolute Gasteiger partial charge is 0.243 e. The topological polar surface area (TPSA) is 81.6 Å². The standard InChI is InChI=1S/C21H28N6O.HI/c1-16-11-19(15-27(16)14-17-7-4-3-5-8-17)26-21(22-2)24-13-20(28)25-18-9-6-10-23-12-18;/h3-10,12,16,19H,11,13-15H2,1-2H3,(H,25,28)(H2,22,24,26);1H. The van der Waals surface area contributed by atoms with Crippen LogP contribution in [0.3, 0.4) is 0 Å². The van der Waals surface area contributed by atoms with Crippen molar-refractivity contribution in [2.75, 3.05) is 25.5 Å². The summed E-state index contributed by atoms with van der Waals surface area (Å²) in [6, 6.07) is 14.9. The molecule has 1 aliphatic rings. The molecule has 0 spiro atoms. The van der Waals surface area contributed by atoms with Gasteiger partial charge in [-0.15, -0.1) is 24.0 Å². The van der Waals surface area contributed by atoms with E-state index in [-0.39, 0.29) is 36.4 Å². The summed E-state index contributed by atoms with van der Waals surface area (Å²) in [5.41, 5.74) is 2.00. The number of aromatic nitrogens is 1. The van der Waals surface area contributed by atoms with E-state index in [1.807, 2.05) is 6.07 Å². The van der Waals surface area contributed by atoms with Crippen LogP contribution < -0.4 is 16.0 Å². The zero-order chi connectivity index (χ0) is 19.8. The highest BCUT2D eigenvalue weighted by atomic mass is 127. The number of guanidine groups is 1. The molecule has 156 valence electrons. The Morgan fingerprint density at radius 3 is 2.72 bits per heavy atom. The van der Waals surface area contributed by atoms with Crippen LogP contribution >= 0.6 is 24.0 Å². The Kier molecular flexibility index (Phi) is 9.33. The summed E-state index contributed by atoms with van der Waals surface area (Å²) in [6.45, 7) is 4.28. The molecule has 29 heavy (non-hydrogen) atoms. The number of pyridine rings is 1. The fourth-order valence-electron chi connectivity index (χ4n) is 3.44. The number of amides is 1. The Labute approximate surface area is 189 Å². The van der Waals surface area contributed by atoms with E-state index in [0.29, 0.717) is 23.7 Å². The van der Waals surface area contributed by atoms with Gasteiger partial charge in [-0.2, -0.15) is 0 Å². The molecule has 1 aromatic heterocycles. The van der Waals surface area contributed by atoms with Gasteiger partial charge in [0.1, 0.15) is 0 Å². The number of rotatable bonds is 6. The minimum Gasteiger partial charge on any atom is -0.352 e. The number of likely N-dealkylation sites (tertiary alicyclic amines) is 1. The van der Waals surface area contributed by atoms with Gasteiger partial charge in [0.25, 0.3) is 0 Å². The number of hydrogen-bond acceptors (Lipinski definition) is 4. The first-order valence-corrected chi connectivity index (χ1v) is 9.59. The van der Waals surface area contributed by atoms with Gasteiger partial charge in [-0.3, -0.25) is 19.7 Å². The molecular formula is C21H29IN6O. The lowest BCUT2D eigenvalue weighted by molar-refractivity contribution is -0.115. The number of halogens is 1. The average molecular weight is 508 g/mol. The largest absolute Gasteiger partial charge is 0.352 e. The Hall–Kier alpha value is -2.20. The molecule has 2 heterocycles. The van der Waals surface area contributed by atoms with Crippen molar-refractivity contribution in [3.63, 3.8) is 0 Å². The molecule has 1 aromatic carbocycles. The second-order valence-corrected chi connectivity index (χ2v) is 7.06. The SMILES string of the molecule is CN=C(NCC(=O)Nc1cccnc1)NC1CC(C)N(Cc2ccccc2)C1.I. The van der Waals surface area contributed by atoms with Gasteiger partial charge in [-0.1, -0.05) is 30.3 Å². The van der Waals surface area contributed by atoms with Gasteiger partial charge in [-0.05, 0) is 31.0 Å². The van der Waals surface area contributed by atoms with Crippen LogP contribution in [-0.2, 0) is 11.3 Å². The van der Waals surface area contributed by atoms with E-state index in [1.165, 1.54) is 5.56 Å². The molecule has 2 unspecified atom stereocenters.